The van der Waals surface area contributed by atoms with Gasteiger partial charge in [-0.15, -0.1) is 22.0 Å². The van der Waals surface area contributed by atoms with Gasteiger partial charge in [-0.3, -0.25) is 19.2 Å². The minimum atomic E-state index is -4.68. The van der Waals surface area contributed by atoms with Crippen molar-refractivity contribution in [3.63, 3.8) is 0 Å². The minimum absolute atomic E-state index is 0.116. The van der Waals surface area contributed by atoms with E-state index in [1.807, 2.05) is 6.92 Å². The second kappa shape index (κ2) is 9.89. The van der Waals surface area contributed by atoms with Gasteiger partial charge in [0.2, 0.25) is 5.91 Å². The molecule has 0 unspecified atom stereocenters. The van der Waals surface area contributed by atoms with Gasteiger partial charge in [0.1, 0.15) is 28.7 Å². The summed E-state index contributed by atoms with van der Waals surface area (Å²) < 4.78 is 41.6. The normalized spacial score (nSPS) is 21.6. The molecule has 4 heterocycles. The van der Waals surface area contributed by atoms with Crippen LogP contribution < -0.4 is 5.32 Å². The Bertz CT molecular complexity index is 1320. The molecule has 2 atom stereocenters. The molecule has 3 aliphatic rings. The van der Waals surface area contributed by atoms with Crippen molar-refractivity contribution in [2.45, 2.75) is 54.2 Å². The molecule has 2 aliphatic heterocycles. The zero-order valence-electron chi connectivity index (χ0n) is 18.9. The molecule has 0 spiro atoms. The summed E-state index contributed by atoms with van der Waals surface area (Å²) in [7, 11) is 0. The minimum Gasteiger partial charge on any atom is -0.477 e. The third-order valence-corrected chi connectivity index (χ3v) is 10.1. The summed E-state index contributed by atoms with van der Waals surface area (Å²) in [5.74, 6) is -1.99. The van der Waals surface area contributed by atoms with Crippen molar-refractivity contribution in [2.24, 2.45) is 0 Å². The summed E-state index contributed by atoms with van der Waals surface area (Å²) in [5.41, 5.74) is -0.351. The van der Waals surface area contributed by atoms with Crippen molar-refractivity contribution in [3.05, 3.63) is 32.1 Å². The molecule has 10 nitrogen and oxygen atoms in total. The number of rotatable bonds is 8. The number of aryl methyl sites for hydroxylation is 1. The predicted molar refractivity (Wildman–Crippen MR) is 132 cm³/mol. The predicted octanol–water partition coefficient (Wildman–Crippen LogP) is 3.23. The van der Waals surface area contributed by atoms with Crippen LogP contribution >= 0.6 is 50.8 Å². The highest BCUT2D eigenvalue weighted by atomic mass is 79.9. The molecule has 2 fully saturated rings. The van der Waals surface area contributed by atoms with Crippen LogP contribution in [-0.4, -0.2) is 70.7 Å². The first-order valence-electron chi connectivity index (χ1n) is 10.9. The number of β-lactam (4-membered cyclic amide) rings is 1. The maximum atomic E-state index is 13.3. The molecule has 1 saturated heterocycles. The number of hydrogen-bond acceptors (Lipinski definition) is 9. The molecule has 5 rings (SSSR count). The van der Waals surface area contributed by atoms with Gasteiger partial charge in [0.15, 0.2) is 10.0 Å². The highest BCUT2D eigenvalue weighted by molar-refractivity contribution is 9.10. The second-order valence-corrected chi connectivity index (χ2v) is 12.9. The standard InChI is InChI=1S/C20H18BrF3N6O4S3/c1-7-26-27-19(37-7)36-6-9-5-35-17-12(16(32)30(17)14(9)18(33)34)25-10(31)4-29-13(8-2-3-8)11(21)15(28-29)20(22,23)24/h8,12,17H,2-6H2,1H3,(H,25,31)(H,33,34)/t12-,17-/m0/s1. The van der Waals surface area contributed by atoms with Crippen LogP contribution in [0.25, 0.3) is 0 Å². The zero-order chi connectivity index (χ0) is 26.6. The molecule has 37 heavy (non-hydrogen) atoms. The third kappa shape index (κ3) is 5.14. The van der Waals surface area contributed by atoms with Crippen LogP contribution in [0.5, 0.6) is 0 Å². The largest absolute Gasteiger partial charge is 0.477 e. The van der Waals surface area contributed by atoms with Crippen LogP contribution in [0.2, 0.25) is 0 Å². The van der Waals surface area contributed by atoms with Gasteiger partial charge in [0, 0.05) is 17.4 Å². The lowest BCUT2D eigenvalue weighted by Crippen LogP contribution is -2.70. The van der Waals surface area contributed by atoms with E-state index in [-0.39, 0.29) is 16.1 Å². The highest BCUT2D eigenvalue weighted by Crippen LogP contribution is 2.47. The van der Waals surface area contributed by atoms with E-state index in [4.69, 9.17) is 0 Å². The fourth-order valence-corrected chi connectivity index (χ4v) is 8.27. The number of nitrogens with one attached hydrogen (secondary N) is 1. The fraction of sp³-hybridized carbons (Fsp3) is 0.500. The quantitative estimate of drug-likeness (QED) is 0.330. The lowest BCUT2D eigenvalue weighted by atomic mass is 10.0. The summed E-state index contributed by atoms with van der Waals surface area (Å²) in [4.78, 5) is 38.8. The van der Waals surface area contributed by atoms with E-state index in [1.165, 1.54) is 34.9 Å². The molecular weight excluding hydrogens is 621 g/mol. The highest BCUT2D eigenvalue weighted by Gasteiger charge is 2.54. The van der Waals surface area contributed by atoms with Crippen molar-refractivity contribution in [2.75, 3.05) is 11.5 Å². The number of halogens is 4. The van der Waals surface area contributed by atoms with Crippen molar-refractivity contribution < 1.29 is 32.7 Å². The maximum absolute atomic E-state index is 13.3. The van der Waals surface area contributed by atoms with E-state index in [9.17, 15) is 32.7 Å². The van der Waals surface area contributed by atoms with E-state index >= 15 is 0 Å². The number of carbonyl (C=O) groups excluding carboxylic acids is 2. The number of aliphatic carboxylic acids is 1. The summed E-state index contributed by atoms with van der Waals surface area (Å²) in [5, 5.41) is 24.1. The topological polar surface area (TPSA) is 130 Å². The smallest absolute Gasteiger partial charge is 0.436 e. The average molecular weight is 640 g/mol. The average Bonchev–Trinajstić information content (AvgIpc) is 3.48. The molecule has 198 valence electrons. The van der Waals surface area contributed by atoms with E-state index < -0.39 is 47.6 Å². The Labute approximate surface area is 228 Å². The number of thioether (sulfide) groups is 2. The number of aromatic nitrogens is 4. The molecular formula is C20H18BrF3N6O4S3. The third-order valence-electron chi connectivity index (χ3n) is 5.90. The summed E-state index contributed by atoms with van der Waals surface area (Å²) in [6.45, 7) is 1.32. The van der Waals surface area contributed by atoms with Crippen LogP contribution in [0.3, 0.4) is 0 Å². The maximum Gasteiger partial charge on any atom is 0.436 e. The van der Waals surface area contributed by atoms with E-state index in [1.54, 1.807) is 0 Å². The SMILES string of the molecule is Cc1nnc(SCC2=C(C(=O)O)N3C(=O)[C@H](NC(=O)Cn4nc(C(F)(F)F)c(Br)c4C4CC4)[C@@H]3SC2)s1. The Morgan fingerprint density at radius 3 is 2.62 bits per heavy atom. The van der Waals surface area contributed by atoms with E-state index in [2.05, 4.69) is 36.5 Å². The summed E-state index contributed by atoms with van der Waals surface area (Å²) in [6.07, 6.45) is -3.29. The molecule has 2 N–H and O–H groups in total. The fourth-order valence-electron chi connectivity index (χ4n) is 4.14. The Morgan fingerprint density at radius 2 is 2.03 bits per heavy atom. The van der Waals surface area contributed by atoms with Crippen molar-refractivity contribution in [1.29, 1.82) is 0 Å². The van der Waals surface area contributed by atoms with Gasteiger partial charge in [-0.05, 0) is 41.3 Å². The second-order valence-electron chi connectivity index (χ2n) is 8.57. The summed E-state index contributed by atoms with van der Waals surface area (Å²) in [6, 6.07) is -0.989. The molecule has 1 aliphatic carbocycles. The van der Waals surface area contributed by atoms with Gasteiger partial charge >= 0.3 is 12.1 Å². The number of carbonyl (C=O) groups is 3. The first-order valence-corrected chi connectivity index (χ1v) is 14.6. The number of nitrogens with zero attached hydrogens (tertiary/aromatic N) is 5. The van der Waals surface area contributed by atoms with Crippen molar-refractivity contribution in [3.8, 4) is 0 Å². The molecule has 2 aromatic heterocycles. The Hall–Kier alpha value is -2.11. The van der Waals surface area contributed by atoms with Crippen molar-refractivity contribution >= 4 is 68.6 Å². The van der Waals surface area contributed by atoms with Gasteiger partial charge in [-0.25, -0.2) is 4.79 Å². The van der Waals surface area contributed by atoms with Gasteiger partial charge in [-0.1, -0.05) is 23.1 Å². The molecule has 0 bridgehead atoms. The lowest BCUT2D eigenvalue weighted by Gasteiger charge is -2.49. The monoisotopic (exact) mass is 638 g/mol. The molecule has 0 aromatic carbocycles. The molecule has 2 aromatic rings. The molecule has 2 amide bonds. The molecule has 0 radical (unpaired) electrons. The number of carboxylic acid groups (broad SMARTS) is 1. The van der Waals surface area contributed by atoms with Crippen LogP contribution in [0, 0.1) is 6.92 Å². The van der Waals surface area contributed by atoms with Gasteiger partial charge in [-0.2, -0.15) is 18.3 Å². The Balaban J connectivity index is 1.28. The van der Waals surface area contributed by atoms with Crippen LogP contribution in [0.4, 0.5) is 13.2 Å². The van der Waals surface area contributed by atoms with Gasteiger partial charge in [0.25, 0.3) is 5.91 Å². The van der Waals surface area contributed by atoms with Crippen LogP contribution in [-0.2, 0) is 27.1 Å². The van der Waals surface area contributed by atoms with E-state index in [0.717, 1.165) is 14.6 Å². The number of fused-ring (bicyclic) bond motifs is 1. The van der Waals surface area contributed by atoms with Gasteiger partial charge < -0.3 is 10.4 Å². The first-order chi connectivity index (χ1) is 17.5. The lowest BCUT2D eigenvalue weighted by molar-refractivity contribution is -0.150. The van der Waals surface area contributed by atoms with Crippen LogP contribution in [0.1, 0.15) is 35.2 Å². The summed E-state index contributed by atoms with van der Waals surface area (Å²) >= 11 is 7.02. The molecule has 17 heteroatoms. The molecule has 1 saturated carbocycles. The Kier molecular flexibility index (Phi) is 7.08. The van der Waals surface area contributed by atoms with Gasteiger partial charge in [0.05, 0.1) is 10.2 Å². The first kappa shape index (κ1) is 26.5. The van der Waals surface area contributed by atoms with E-state index in [0.29, 0.717) is 40.0 Å². The zero-order valence-corrected chi connectivity index (χ0v) is 22.9. The number of alkyl halides is 3. The van der Waals surface area contributed by atoms with Crippen LogP contribution in [0.15, 0.2) is 20.1 Å². The number of carboxylic acids is 1. The number of amides is 2. The Morgan fingerprint density at radius 1 is 1.30 bits per heavy atom. The number of hydrogen-bond donors (Lipinski definition) is 2. The van der Waals surface area contributed by atoms with Crippen molar-refractivity contribution in [1.82, 2.24) is 30.2 Å².